The molecule has 2 aromatic rings. The predicted molar refractivity (Wildman–Crippen MR) is 81.1 cm³/mol. The van der Waals surface area contributed by atoms with E-state index < -0.39 is 5.82 Å². The Hall–Kier alpha value is -1.53. The van der Waals surface area contributed by atoms with Gasteiger partial charge in [-0.25, -0.2) is 9.37 Å². The molecule has 1 heterocycles. The van der Waals surface area contributed by atoms with E-state index in [4.69, 9.17) is 18.0 Å². The van der Waals surface area contributed by atoms with Crippen molar-refractivity contribution in [2.45, 2.75) is 19.4 Å². The van der Waals surface area contributed by atoms with Crippen molar-refractivity contribution < 1.29 is 4.39 Å². The molecule has 1 aromatic carbocycles. The molecule has 2 rings (SSSR count). The molecule has 0 aliphatic rings. The monoisotopic (exact) mass is 295 g/mol. The number of benzene rings is 1. The van der Waals surface area contributed by atoms with Crippen LogP contribution in [0.4, 0.5) is 10.1 Å². The van der Waals surface area contributed by atoms with Gasteiger partial charge in [0.15, 0.2) is 0 Å². The molecular weight excluding hydrogens is 281 g/mol. The molecule has 0 spiro atoms. The van der Waals surface area contributed by atoms with Gasteiger partial charge in [0.25, 0.3) is 0 Å². The number of anilines is 1. The van der Waals surface area contributed by atoms with Crippen molar-refractivity contribution in [2.24, 2.45) is 5.73 Å². The average Bonchev–Trinajstić information content (AvgIpc) is 2.89. The number of thiocarbonyl (C=S) groups is 1. The third-order valence-electron chi connectivity index (χ3n) is 2.73. The third kappa shape index (κ3) is 3.27. The highest BCUT2D eigenvalue weighted by Gasteiger charge is 2.13. The summed E-state index contributed by atoms with van der Waals surface area (Å²) in [6.07, 6.45) is 2.63. The molecule has 0 saturated heterocycles. The fourth-order valence-corrected chi connectivity index (χ4v) is 2.69. The smallest absolute Gasteiger partial charge is 0.135 e. The first-order valence-corrected chi connectivity index (χ1v) is 7.16. The van der Waals surface area contributed by atoms with E-state index in [1.165, 1.54) is 6.07 Å². The second-order valence-corrected chi connectivity index (χ2v) is 5.40. The van der Waals surface area contributed by atoms with Crippen LogP contribution in [-0.2, 0) is 0 Å². The zero-order valence-electron chi connectivity index (χ0n) is 10.4. The molecule has 1 atom stereocenters. The van der Waals surface area contributed by atoms with E-state index in [1.807, 2.05) is 5.38 Å². The van der Waals surface area contributed by atoms with E-state index in [0.29, 0.717) is 5.69 Å². The van der Waals surface area contributed by atoms with Gasteiger partial charge >= 0.3 is 0 Å². The van der Waals surface area contributed by atoms with E-state index in [9.17, 15) is 4.39 Å². The lowest BCUT2D eigenvalue weighted by molar-refractivity contribution is 0.625. The number of nitrogens with one attached hydrogen (secondary N) is 1. The van der Waals surface area contributed by atoms with Gasteiger partial charge in [-0.1, -0.05) is 19.1 Å². The van der Waals surface area contributed by atoms with E-state index in [-0.39, 0.29) is 16.6 Å². The van der Waals surface area contributed by atoms with Crippen LogP contribution in [0.5, 0.6) is 0 Å². The molecule has 100 valence electrons. The second-order valence-electron chi connectivity index (χ2n) is 4.03. The van der Waals surface area contributed by atoms with Crippen molar-refractivity contribution in [1.82, 2.24) is 4.98 Å². The first kappa shape index (κ1) is 13.9. The van der Waals surface area contributed by atoms with Crippen molar-refractivity contribution in [3.05, 3.63) is 46.2 Å². The molecule has 0 aliphatic carbocycles. The number of nitrogens with zero attached hydrogens (tertiary/aromatic N) is 1. The number of hydrogen-bond donors (Lipinski definition) is 2. The summed E-state index contributed by atoms with van der Waals surface area (Å²) >= 11 is 6.36. The summed E-state index contributed by atoms with van der Waals surface area (Å²) in [6.45, 7) is 2.05. The Labute approximate surface area is 120 Å². The van der Waals surface area contributed by atoms with Crippen LogP contribution in [0.15, 0.2) is 29.8 Å². The quantitative estimate of drug-likeness (QED) is 0.829. The molecule has 0 bridgehead atoms. The Bertz CT molecular complexity index is 569. The molecule has 19 heavy (non-hydrogen) atoms. The SMILES string of the molecule is CCC(Nc1ccc(C(N)=S)c(F)c1)c1nccs1. The number of thiazole rings is 1. The molecule has 0 radical (unpaired) electrons. The number of hydrogen-bond acceptors (Lipinski definition) is 4. The van der Waals surface area contributed by atoms with Crippen LogP contribution in [0.25, 0.3) is 0 Å². The van der Waals surface area contributed by atoms with Gasteiger partial charge < -0.3 is 11.1 Å². The number of halogens is 1. The zero-order valence-corrected chi connectivity index (χ0v) is 12.0. The van der Waals surface area contributed by atoms with E-state index in [1.54, 1.807) is 29.7 Å². The van der Waals surface area contributed by atoms with Gasteiger partial charge in [0.2, 0.25) is 0 Å². The van der Waals surface area contributed by atoms with Gasteiger partial charge in [-0.3, -0.25) is 0 Å². The summed E-state index contributed by atoms with van der Waals surface area (Å²) in [7, 11) is 0. The van der Waals surface area contributed by atoms with Crippen LogP contribution in [0.1, 0.15) is 30.0 Å². The van der Waals surface area contributed by atoms with Crippen molar-refractivity contribution in [1.29, 1.82) is 0 Å². The Morgan fingerprint density at radius 3 is 2.89 bits per heavy atom. The van der Waals surface area contributed by atoms with Crippen LogP contribution in [0.3, 0.4) is 0 Å². The molecule has 6 heteroatoms. The highest BCUT2D eigenvalue weighted by Crippen LogP contribution is 2.25. The summed E-state index contributed by atoms with van der Waals surface area (Å²) in [5, 5.41) is 6.18. The predicted octanol–water partition coefficient (Wildman–Crippen LogP) is 3.48. The summed E-state index contributed by atoms with van der Waals surface area (Å²) in [5.74, 6) is -0.411. The number of rotatable bonds is 5. The molecule has 0 saturated carbocycles. The molecule has 0 aliphatic heterocycles. The van der Waals surface area contributed by atoms with Crippen LogP contribution in [0.2, 0.25) is 0 Å². The Balaban J connectivity index is 2.19. The number of nitrogens with two attached hydrogens (primary N) is 1. The van der Waals surface area contributed by atoms with Crippen molar-refractivity contribution in [3.8, 4) is 0 Å². The van der Waals surface area contributed by atoms with Crippen LogP contribution in [-0.4, -0.2) is 9.97 Å². The first-order valence-electron chi connectivity index (χ1n) is 5.87. The first-order chi connectivity index (χ1) is 9.11. The van der Waals surface area contributed by atoms with Gasteiger partial charge in [0.1, 0.15) is 15.8 Å². The summed E-state index contributed by atoms with van der Waals surface area (Å²) < 4.78 is 13.8. The highest BCUT2D eigenvalue weighted by molar-refractivity contribution is 7.80. The maximum Gasteiger partial charge on any atom is 0.135 e. The second kappa shape index (κ2) is 6.08. The standard InChI is InChI=1S/C13H14FN3S2/c1-2-11(13-16-5-6-19-13)17-8-3-4-9(12(15)18)10(14)7-8/h3-7,11,17H,2H2,1H3,(H2,15,18). The van der Waals surface area contributed by atoms with Crippen molar-refractivity contribution in [2.75, 3.05) is 5.32 Å². The molecule has 3 nitrogen and oxygen atoms in total. The maximum atomic E-state index is 13.8. The molecule has 1 aromatic heterocycles. The van der Waals surface area contributed by atoms with Gasteiger partial charge in [0, 0.05) is 22.8 Å². The normalized spacial score (nSPS) is 12.1. The molecule has 3 N–H and O–H groups in total. The fraction of sp³-hybridized carbons (Fsp3) is 0.231. The lowest BCUT2D eigenvalue weighted by Gasteiger charge is -2.16. The average molecular weight is 295 g/mol. The number of aromatic nitrogens is 1. The molecule has 1 unspecified atom stereocenters. The Kier molecular flexibility index (Phi) is 4.44. The summed E-state index contributed by atoms with van der Waals surface area (Å²) in [4.78, 5) is 4.34. The molecular formula is C13H14FN3S2. The van der Waals surface area contributed by atoms with E-state index >= 15 is 0 Å². The minimum Gasteiger partial charge on any atom is -0.389 e. The lowest BCUT2D eigenvalue weighted by Crippen LogP contribution is -2.13. The maximum absolute atomic E-state index is 13.8. The van der Waals surface area contributed by atoms with Crippen molar-refractivity contribution >= 4 is 34.2 Å². The van der Waals surface area contributed by atoms with E-state index in [0.717, 1.165) is 11.4 Å². The Morgan fingerprint density at radius 1 is 1.58 bits per heavy atom. The summed E-state index contributed by atoms with van der Waals surface area (Å²) in [6, 6.07) is 4.85. The summed E-state index contributed by atoms with van der Waals surface area (Å²) in [5.41, 5.74) is 6.39. The van der Waals surface area contributed by atoms with E-state index in [2.05, 4.69) is 17.2 Å². The fourth-order valence-electron chi connectivity index (χ4n) is 1.75. The third-order valence-corrected chi connectivity index (χ3v) is 3.84. The van der Waals surface area contributed by atoms with Gasteiger partial charge in [-0.15, -0.1) is 11.3 Å². The minimum absolute atomic E-state index is 0.0658. The Morgan fingerprint density at radius 2 is 2.37 bits per heavy atom. The highest BCUT2D eigenvalue weighted by atomic mass is 32.1. The van der Waals surface area contributed by atoms with Gasteiger partial charge in [0.05, 0.1) is 6.04 Å². The largest absolute Gasteiger partial charge is 0.389 e. The zero-order chi connectivity index (χ0) is 13.8. The molecule has 0 fully saturated rings. The van der Waals surface area contributed by atoms with Crippen LogP contribution in [0, 0.1) is 5.82 Å². The van der Waals surface area contributed by atoms with Gasteiger partial charge in [-0.05, 0) is 24.6 Å². The molecule has 0 amide bonds. The van der Waals surface area contributed by atoms with Crippen LogP contribution >= 0.6 is 23.6 Å². The van der Waals surface area contributed by atoms with Gasteiger partial charge in [-0.2, -0.15) is 0 Å². The topological polar surface area (TPSA) is 50.9 Å². The minimum atomic E-state index is -0.411. The van der Waals surface area contributed by atoms with Crippen LogP contribution < -0.4 is 11.1 Å². The van der Waals surface area contributed by atoms with Crippen molar-refractivity contribution in [3.63, 3.8) is 0 Å². The lowest BCUT2D eigenvalue weighted by atomic mass is 10.1.